The Labute approximate surface area is 63.0 Å². The van der Waals surface area contributed by atoms with E-state index in [4.69, 9.17) is 5.11 Å². The highest BCUT2D eigenvalue weighted by Gasteiger charge is 2.58. The Balaban J connectivity index is 4.69. The molecule has 0 radical (unpaired) electrons. The first-order chi connectivity index (χ1) is 5.10. The normalized spacial score (nSPS) is 15.8. The van der Waals surface area contributed by atoms with E-state index in [1.807, 2.05) is 0 Å². The number of nitrogens with two attached hydrogens (primary N) is 1. The monoisotopic (exact) mass is 193 g/mol. The van der Waals surface area contributed by atoms with E-state index in [1.165, 1.54) is 0 Å². The van der Waals surface area contributed by atoms with E-state index in [0.717, 1.165) is 0 Å². The van der Waals surface area contributed by atoms with Gasteiger partial charge in [0.2, 0.25) is 0 Å². The van der Waals surface area contributed by atoms with Gasteiger partial charge in [0.1, 0.15) is 0 Å². The molecular weight excluding hydrogens is 189 g/mol. The van der Waals surface area contributed by atoms with E-state index in [9.17, 15) is 26.7 Å². The Morgan fingerprint density at radius 1 is 1.25 bits per heavy atom. The summed E-state index contributed by atoms with van der Waals surface area (Å²) in [6.07, 6.45) is -5.43. The Kier molecular flexibility index (Phi) is 2.63. The van der Waals surface area contributed by atoms with Gasteiger partial charge in [-0.15, -0.1) is 0 Å². The van der Waals surface area contributed by atoms with Crippen molar-refractivity contribution in [2.75, 3.05) is 0 Å². The van der Waals surface area contributed by atoms with Crippen LogP contribution in [0.2, 0.25) is 0 Å². The lowest BCUT2D eigenvalue weighted by Gasteiger charge is -2.21. The molecule has 3 N–H and O–H groups in total. The van der Waals surface area contributed by atoms with Crippen LogP contribution in [0.4, 0.5) is 22.0 Å². The maximum atomic E-state index is 12.0. The van der Waals surface area contributed by atoms with Gasteiger partial charge in [0.05, 0.1) is 0 Å². The number of carbonyl (C=O) groups is 1. The van der Waals surface area contributed by atoms with Crippen molar-refractivity contribution in [1.82, 2.24) is 0 Å². The van der Waals surface area contributed by atoms with Crippen LogP contribution in [-0.4, -0.2) is 29.2 Å². The van der Waals surface area contributed by atoms with Crippen molar-refractivity contribution >= 4 is 5.97 Å². The van der Waals surface area contributed by atoms with Gasteiger partial charge in [-0.1, -0.05) is 0 Å². The van der Waals surface area contributed by atoms with Crippen LogP contribution in [0.15, 0.2) is 0 Å². The predicted molar refractivity (Wildman–Crippen MR) is 26.6 cm³/mol. The highest BCUT2D eigenvalue weighted by molar-refractivity contribution is 5.76. The van der Waals surface area contributed by atoms with Gasteiger partial charge in [-0.25, -0.2) is 4.79 Å². The summed E-state index contributed by atoms with van der Waals surface area (Å²) < 4.78 is 58.3. The van der Waals surface area contributed by atoms with Gasteiger partial charge in [-0.3, -0.25) is 0 Å². The Morgan fingerprint density at radius 2 is 1.58 bits per heavy atom. The lowest BCUT2D eigenvalue weighted by Crippen LogP contribution is -2.55. The lowest BCUT2D eigenvalue weighted by molar-refractivity contribution is -0.216. The average molecular weight is 193 g/mol. The van der Waals surface area contributed by atoms with Crippen LogP contribution in [0.3, 0.4) is 0 Å². The number of carboxylic acids is 1. The van der Waals surface area contributed by atoms with Crippen molar-refractivity contribution in [3.05, 3.63) is 0 Å². The van der Waals surface area contributed by atoms with E-state index >= 15 is 0 Å². The summed E-state index contributed by atoms with van der Waals surface area (Å²) in [5, 5.41) is 7.64. The van der Waals surface area contributed by atoms with Crippen LogP contribution >= 0.6 is 0 Å². The van der Waals surface area contributed by atoms with Crippen molar-refractivity contribution < 1.29 is 31.9 Å². The molecular formula is C4H4F5NO2. The zero-order chi connectivity index (χ0) is 10.2. The Morgan fingerprint density at radius 3 is 1.67 bits per heavy atom. The highest BCUT2D eigenvalue weighted by atomic mass is 19.4. The van der Waals surface area contributed by atoms with E-state index in [1.54, 1.807) is 0 Å². The van der Waals surface area contributed by atoms with Crippen LogP contribution in [-0.2, 0) is 4.79 Å². The third kappa shape index (κ3) is 2.03. The first-order valence-electron chi connectivity index (χ1n) is 2.53. The standard InChI is InChI=1S/C4H4F5NO2/c5-3(6,2(11)12)1(10)4(7,8)9/h1H,10H2,(H,11,12)/t1-/m1/s1. The third-order valence-electron chi connectivity index (χ3n) is 1.03. The van der Waals surface area contributed by atoms with Crippen molar-refractivity contribution in [2.24, 2.45) is 5.73 Å². The molecule has 0 spiro atoms. The first-order valence-corrected chi connectivity index (χ1v) is 2.53. The van der Waals surface area contributed by atoms with E-state index in [-0.39, 0.29) is 0 Å². The average Bonchev–Trinajstić information content (AvgIpc) is 1.83. The van der Waals surface area contributed by atoms with Crippen LogP contribution in [0, 0.1) is 0 Å². The van der Waals surface area contributed by atoms with Crippen LogP contribution in [0.5, 0.6) is 0 Å². The molecule has 0 aliphatic heterocycles. The molecule has 12 heavy (non-hydrogen) atoms. The number of carboxylic acid groups (broad SMARTS) is 1. The van der Waals surface area contributed by atoms with E-state index in [0.29, 0.717) is 0 Å². The fourth-order valence-electron chi connectivity index (χ4n) is 0.339. The number of halogens is 5. The van der Waals surface area contributed by atoms with E-state index in [2.05, 4.69) is 5.73 Å². The molecule has 0 rings (SSSR count). The van der Waals surface area contributed by atoms with Crippen LogP contribution in [0.1, 0.15) is 0 Å². The number of hydrogen-bond acceptors (Lipinski definition) is 2. The number of aliphatic carboxylic acids is 1. The van der Waals surface area contributed by atoms with Gasteiger partial charge in [0.15, 0.2) is 6.04 Å². The molecule has 8 heteroatoms. The molecule has 0 aliphatic carbocycles. The molecule has 72 valence electrons. The second-order valence-electron chi connectivity index (χ2n) is 1.95. The second-order valence-corrected chi connectivity index (χ2v) is 1.95. The van der Waals surface area contributed by atoms with E-state index < -0.39 is 24.1 Å². The fraction of sp³-hybridized carbons (Fsp3) is 0.750. The SMILES string of the molecule is N[C@@H](C(F)(F)F)C(F)(F)C(=O)O. The molecule has 3 nitrogen and oxygen atoms in total. The molecule has 0 aromatic rings. The summed E-state index contributed by atoms with van der Waals surface area (Å²) in [6, 6.07) is -3.68. The number of alkyl halides is 5. The molecule has 0 fully saturated rings. The zero-order valence-electron chi connectivity index (χ0n) is 5.40. The molecule has 0 heterocycles. The van der Waals surface area contributed by atoms with Crippen molar-refractivity contribution in [1.29, 1.82) is 0 Å². The number of hydrogen-bond donors (Lipinski definition) is 2. The van der Waals surface area contributed by atoms with Crippen molar-refractivity contribution in [3.8, 4) is 0 Å². The molecule has 1 atom stereocenters. The minimum atomic E-state index is -5.43. The lowest BCUT2D eigenvalue weighted by atomic mass is 10.1. The second kappa shape index (κ2) is 2.85. The third-order valence-corrected chi connectivity index (χ3v) is 1.03. The quantitative estimate of drug-likeness (QED) is 0.631. The van der Waals surface area contributed by atoms with Gasteiger partial charge in [0.25, 0.3) is 0 Å². The van der Waals surface area contributed by atoms with Gasteiger partial charge in [0, 0.05) is 0 Å². The maximum Gasteiger partial charge on any atom is 0.410 e. The van der Waals surface area contributed by atoms with Gasteiger partial charge >= 0.3 is 18.1 Å². The molecule has 0 amide bonds. The van der Waals surface area contributed by atoms with Gasteiger partial charge < -0.3 is 10.8 Å². The Bertz CT molecular complexity index is 188. The topological polar surface area (TPSA) is 63.3 Å². The summed E-state index contributed by atoms with van der Waals surface area (Å²) in [7, 11) is 0. The molecule has 0 aromatic heterocycles. The van der Waals surface area contributed by atoms with Crippen molar-refractivity contribution in [3.63, 3.8) is 0 Å². The summed E-state index contributed by atoms with van der Waals surface area (Å²) in [6.45, 7) is 0. The molecule has 0 unspecified atom stereocenters. The minimum Gasteiger partial charge on any atom is -0.477 e. The molecule has 0 saturated carbocycles. The largest absolute Gasteiger partial charge is 0.477 e. The minimum absolute atomic E-state index is 2.90. The van der Waals surface area contributed by atoms with Crippen molar-refractivity contribution in [2.45, 2.75) is 18.1 Å². The summed E-state index contributed by atoms with van der Waals surface area (Å²) >= 11 is 0. The zero-order valence-corrected chi connectivity index (χ0v) is 5.40. The fourth-order valence-corrected chi connectivity index (χ4v) is 0.339. The first kappa shape index (κ1) is 11.1. The van der Waals surface area contributed by atoms with Gasteiger partial charge in [-0.2, -0.15) is 22.0 Å². The van der Waals surface area contributed by atoms with Gasteiger partial charge in [-0.05, 0) is 0 Å². The van der Waals surface area contributed by atoms with Crippen LogP contribution in [0.25, 0.3) is 0 Å². The van der Waals surface area contributed by atoms with Crippen LogP contribution < -0.4 is 5.73 Å². The molecule has 0 saturated heterocycles. The maximum absolute atomic E-state index is 12.0. The molecule has 0 aromatic carbocycles. The smallest absolute Gasteiger partial charge is 0.410 e. The number of rotatable bonds is 2. The molecule has 0 aliphatic rings. The summed E-state index contributed by atoms with van der Waals surface area (Å²) in [5.41, 5.74) is 3.97. The Hall–Kier alpha value is -0.920. The predicted octanol–water partition coefficient (Wildman–Crippen LogP) is 0.596. The highest BCUT2D eigenvalue weighted by Crippen LogP contribution is 2.30. The summed E-state index contributed by atoms with van der Waals surface area (Å²) in [5.74, 6) is -7.88. The summed E-state index contributed by atoms with van der Waals surface area (Å²) in [4.78, 5) is 9.58. The molecule has 0 bridgehead atoms.